The zero-order chi connectivity index (χ0) is 10.3. The summed E-state index contributed by atoms with van der Waals surface area (Å²) in [7, 11) is 0. The molecule has 6 heteroatoms. The van der Waals surface area contributed by atoms with Crippen molar-refractivity contribution in [2.75, 3.05) is 19.8 Å². The Morgan fingerprint density at radius 3 is 2.21 bits per heavy atom. The highest BCUT2D eigenvalue weighted by Crippen LogP contribution is 2.36. The fourth-order valence-corrected chi connectivity index (χ4v) is 1.92. The Morgan fingerprint density at radius 2 is 1.93 bits per heavy atom. The van der Waals surface area contributed by atoms with Crippen LogP contribution in [-0.2, 0) is 9.47 Å². The molecule has 2 saturated heterocycles. The quantitative estimate of drug-likeness (QED) is 0.390. The second-order valence-corrected chi connectivity index (χ2v) is 3.75. The van der Waals surface area contributed by atoms with Crippen LogP contribution < -0.4 is 0 Å². The van der Waals surface area contributed by atoms with Gasteiger partial charge in [0.2, 0.25) is 0 Å². The molecule has 0 amide bonds. The van der Waals surface area contributed by atoms with E-state index >= 15 is 0 Å². The Bertz CT molecular complexity index is 218. The molecular weight excluding hydrogens is 192 g/mol. The first-order valence-corrected chi connectivity index (χ1v) is 4.52. The SMILES string of the molecule is OC[C@]1([C@H]2OC[C@H](O)[C@H]2O)OCC1O. The van der Waals surface area contributed by atoms with Crippen molar-refractivity contribution in [3.63, 3.8) is 0 Å². The van der Waals surface area contributed by atoms with Gasteiger partial charge in [-0.15, -0.1) is 0 Å². The van der Waals surface area contributed by atoms with Gasteiger partial charge in [-0.2, -0.15) is 0 Å². The van der Waals surface area contributed by atoms with Gasteiger partial charge >= 0.3 is 0 Å². The Labute approximate surface area is 80.7 Å². The molecular formula is C8H14O6. The van der Waals surface area contributed by atoms with Gasteiger partial charge in [-0.25, -0.2) is 0 Å². The normalized spacial score (nSPS) is 53.1. The van der Waals surface area contributed by atoms with E-state index in [0.29, 0.717) is 0 Å². The zero-order valence-corrected chi connectivity index (χ0v) is 7.54. The van der Waals surface area contributed by atoms with E-state index in [2.05, 4.69) is 0 Å². The maximum absolute atomic E-state index is 9.53. The van der Waals surface area contributed by atoms with Gasteiger partial charge in [-0.1, -0.05) is 0 Å². The average molecular weight is 206 g/mol. The van der Waals surface area contributed by atoms with Gasteiger partial charge in [0, 0.05) is 0 Å². The summed E-state index contributed by atoms with van der Waals surface area (Å²) >= 11 is 0. The van der Waals surface area contributed by atoms with Crippen LogP contribution in [0.15, 0.2) is 0 Å². The Kier molecular flexibility index (Phi) is 2.50. The minimum Gasteiger partial charge on any atom is -0.393 e. The van der Waals surface area contributed by atoms with E-state index in [0.717, 1.165) is 0 Å². The van der Waals surface area contributed by atoms with E-state index in [1.54, 1.807) is 0 Å². The topological polar surface area (TPSA) is 99.4 Å². The number of ether oxygens (including phenoxy) is 2. The van der Waals surface area contributed by atoms with E-state index < -0.39 is 36.6 Å². The highest BCUT2D eigenvalue weighted by Gasteiger charge is 2.59. The first-order valence-electron chi connectivity index (χ1n) is 4.52. The van der Waals surface area contributed by atoms with Gasteiger partial charge < -0.3 is 29.9 Å². The summed E-state index contributed by atoms with van der Waals surface area (Å²) in [4.78, 5) is 0. The number of hydrogen-bond acceptors (Lipinski definition) is 6. The summed E-state index contributed by atoms with van der Waals surface area (Å²) in [6.45, 7) is -0.338. The lowest BCUT2D eigenvalue weighted by atomic mass is 9.83. The van der Waals surface area contributed by atoms with E-state index in [-0.39, 0.29) is 13.2 Å². The van der Waals surface area contributed by atoms with E-state index in [1.807, 2.05) is 0 Å². The Balaban J connectivity index is 2.13. The van der Waals surface area contributed by atoms with Crippen LogP contribution in [0.25, 0.3) is 0 Å². The molecule has 2 rings (SSSR count). The zero-order valence-electron chi connectivity index (χ0n) is 7.54. The maximum Gasteiger partial charge on any atom is 0.148 e. The molecule has 5 atom stereocenters. The van der Waals surface area contributed by atoms with Crippen molar-refractivity contribution in [3.8, 4) is 0 Å². The molecule has 82 valence electrons. The molecule has 0 aromatic rings. The van der Waals surface area contributed by atoms with Gasteiger partial charge in [-0.05, 0) is 0 Å². The summed E-state index contributed by atoms with van der Waals surface area (Å²) < 4.78 is 10.2. The minimum absolute atomic E-state index is 0.0103. The van der Waals surface area contributed by atoms with Crippen molar-refractivity contribution in [1.29, 1.82) is 0 Å². The van der Waals surface area contributed by atoms with Gasteiger partial charge in [-0.3, -0.25) is 0 Å². The highest BCUT2D eigenvalue weighted by atomic mass is 16.6. The molecule has 0 aromatic heterocycles. The summed E-state index contributed by atoms with van der Waals surface area (Å²) in [5, 5.41) is 37.3. The van der Waals surface area contributed by atoms with Gasteiger partial charge in [0.15, 0.2) is 0 Å². The van der Waals surface area contributed by atoms with E-state index in [1.165, 1.54) is 0 Å². The molecule has 14 heavy (non-hydrogen) atoms. The Morgan fingerprint density at radius 1 is 1.21 bits per heavy atom. The Hall–Kier alpha value is -0.240. The van der Waals surface area contributed by atoms with Crippen molar-refractivity contribution >= 4 is 0 Å². The maximum atomic E-state index is 9.53. The standard InChI is InChI=1S/C8H14O6/c9-3-8(5(11)2-14-8)7-6(12)4(10)1-13-7/h4-7,9-12H,1-3H2/t4-,5?,6+,7-,8-/m0/s1. The van der Waals surface area contributed by atoms with Gasteiger partial charge in [0.25, 0.3) is 0 Å². The molecule has 2 heterocycles. The highest BCUT2D eigenvalue weighted by molar-refractivity contribution is 5.07. The largest absolute Gasteiger partial charge is 0.393 e. The molecule has 2 aliphatic heterocycles. The molecule has 0 radical (unpaired) electrons. The summed E-state index contributed by atoms with van der Waals surface area (Å²) in [5.74, 6) is 0. The molecule has 0 aliphatic carbocycles. The average Bonchev–Trinajstić information content (AvgIpc) is 2.49. The molecule has 4 N–H and O–H groups in total. The molecule has 0 bridgehead atoms. The number of aliphatic hydroxyl groups excluding tert-OH is 4. The molecule has 0 saturated carbocycles. The minimum atomic E-state index is -1.27. The lowest BCUT2D eigenvalue weighted by Crippen LogP contribution is -2.69. The van der Waals surface area contributed by atoms with Crippen LogP contribution in [0, 0.1) is 0 Å². The number of hydrogen-bond donors (Lipinski definition) is 4. The third-order valence-corrected chi connectivity index (χ3v) is 2.95. The third-order valence-electron chi connectivity index (χ3n) is 2.95. The van der Waals surface area contributed by atoms with Crippen LogP contribution in [0.3, 0.4) is 0 Å². The number of aliphatic hydroxyl groups is 4. The summed E-state index contributed by atoms with van der Waals surface area (Å²) in [6, 6.07) is 0. The smallest absolute Gasteiger partial charge is 0.148 e. The van der Waals surface area contributed by atoms with Crippen molar-refractivity contribution in [3.05, 3.63) is 0 Å². The predicted octanol–water partition coefficient (Wildman–Crippen LogP) is -2.77. The van der Waals surface area contributed by atoms with Crippen LogP contribution in [0.2, 0.25) is 0 Å². The monoisotopic (exact) mass is 206 g/mol. The fraction of sp³-hybridized carbons (Fsp3) is 1.00. The summed E-state index contributed by atoms with van der Waals surface area (Å²) in [5.41, 5.74) is -1.27. The summed E-state index contributed by atoms with van der Waals surface area (Å²) in [6.07, 6.45) is -3.85. The molecule has 1 unspecified atom stereocenters. The van der Waals surface area contributed by atoms with Crippen molar-refractivity contribution in [2.45, 2.75) is 30.0 Å². The second kappa shape index (κ2) is 3.41. The molecule has 0 spiro atoms. The lowest BCUT2D eigenvalue weighted by molar-refractivity contribution is -0.300. The molecule has 6 nitrogen and oxygen atoms in total. The fourth-order valence-electron chi connectivity index (χ4n) is 1.92. The van der Waals surface area contributed by atoms with Gasteiger partial charge in [0.05, 0.1) is 19.8 Å². The van der Waals surface area contributed by atoms with Crippen LogP contribution in [0.4, 0.5) is 0 Å². The number of rotatable bonds is 2. The van der Waals surface area contributed by atoms with Crippen LogP contribution in [0.1, 0.15) is 0 Å². The van der Waals surface area contributed by atoms with Gasteiger partial charge in [0.1, 0.15) is 30.0 Å². The van der Waals surface area contributed by atoms with Crippen LogP contribution in [0.5, 0.6) is 0 Å². The van der Waals surface area contributed by atoms with Crippen molar-refractivity contribution < 1.29 is 29.9 Å². The van der Waals surface area contributed by atoms with Crippen molar-refractivity contribution in [1.82, 2.24) is 0 Å². The lowest BCUT2D eigenvalue weighted by Gasteiger charge is -2.49. The van der Waals surface area contributed by atoms with E-state index in [9.17, 15) is 15.3 Å². The molecule has 0 aromatic carbocycles. The predicted molar refractivity (Wildman–Crippen MR) is 43.5 cm³/mol. The van der Waals surface area contributed by atoms with Crippen LogP contribution >= 0.6 is 0 Å². The first kappa shape index (κ1) is 10.3. The molecule has 2 fully saturated rings. The third kappa shape index (κ3) is 1.19. The van der Waals surface area contributed by atoms with Crippen molar-refractivity contribution in [2.24, 2.45) is 0 Å². The second-order valence-electron chi connectivity index (χ2n) is 3.75. The van der Waals surface area contributed by atoms with Crippen LogP contribution in [-0.4, -0.2) is 70.3 Å². The molecule has 2 aliphatic rings. The first-order chi connectivity index (χ1) is 6.62. The van der Waals surface area contributed by atoms with E-state index in [4.69, 9.17) is 14.6 Å².